The Morgan fingerprint density at radius 2 is 0.840 bits per heavy atom. The third-order valence-electron chi connectivity index (χ3n) is 26.3. The van der Waals surface area contributed by atoms with E-state index in [4.69, 9.17) is 54.7 Å². The number of terminal acetylenes is 3. The fraction of sp³-hybridized carbons (Fsp3) is 0.455. The van der Waals surface area contributed by atoms with E-state index in [1.165, 1.54) is 276 Å². The highest BCUT2D eigenvalue weighted by molar-refractivity contribution is 9.11. The Bertz CT molecular complexity index is 5920. The first-order valence-corrected chi connectivity index (χ1v) is 52.6. The number of nitrogens with one attached hydrogen (secondary N) is 3. The van der Waals surface area contributed by atoms with Gasteiger partial charge in [0.2, 0.25) is 6.20 Å². The van der Waals surface area contributed by atoms with Crippen LogP contribution >= 0.6 is 55.1 Å². The molecule has 18 nitrogen and oxygen atoms in total. The summed E-state index contributed by atoms with van der Waals surface area (Å²) < 4.78 is 29.6. The van der Waals surface area contributed by atoms with Gasteiger partial charge in [0, 0.05) is 138 Å². The van der Waals surface area contributed by atoms with Gasteiger partial charge in [-0.3, -0.25) is 14.9 Å². The van der Waals surface area contributed by atoms with Crippen LogP contribution in [-0.2, 0) is 25.7 Å². The lowest BCUT2D eigenvalue weighted by atomic mass is 9.98. The highest BCUT2D eigenvalue weighted by Crippen LogP contribution is 2.48. The van der Waals surface area contributed by atoms with Crippen LogP contribution in [0.25, 0.3) is 27.9 Å². The number of nitrogens with zero attached hydrogens (tertiary/aromatic N) is 6. The minimum atomic E-state index is -0.931. The number of hydrogen-bond donors (Lipinski definition) is 5. The van der Waals surface area contributed by atoms with Gasteiger partial charge in [0.1, 0.15) is 34.5 Å². The van der Waals surface area contributed by atoms with E-state index in [0.717, 1.165) is 111 Å². The van der Waals surface area contributed by atoms with Gasteiger partial charge < -0.3 is 64.8 Å². The first kappa shape index (κ1) is 121. The number of benzene rings is 8. The summed E-state index contributed by atoms with van der Waals surface area (Å²) in [4.78, 5) is 52.7. The lowest BCUT2D eigenvalue weighted by Gasteiger charge is -2.29. The van der Waals surface area contributed by atoms with Crippen LogP contribution in [0.2, 0.25) is 10.0 Å². The Balaban J connectivity index is 0.000000256. The number of halogens is 5. The number of carboxylic acids is 1. The number of aromatic nitrogens is 2. The van der Waals surface area contributed by atoms with Crippen molar-refractivity contribution in [1.82, 2.24) is 15.3 Å². The van der Waals surface area contributed by atoms with Gasteiger partial charge in [-0.15, -0.1) is 43.5 Å². The van der Waals surface area contributed by atoms with Crippen LogP contribution in [0.3, 0.4) is 0 Å². The maximum absolute atomic E-state index is 13.0. The molecule has 6 N–H and O–H groups in total. The van der Waals surface area contributed by atoms with Gasteiger partial charge >= 0.3 is 5.97 Å². The number of anilines is 5. The Hall–Kier alpha value is -11.5. The molecule has 0 unspecified atom stereocenters. The topological polar surface area (TPSA) is 211 Å². The number of nitro groups is 1. The minimum absolute atomic E-state index is 0. The summed E-state index contributed by atoms with van der Waals surface area (Å²) in [6, 6.07) is 48.9. The zero-order valence-electron chi connectivity index (χ0n) is 84.2. The van der Waals surface area contributed by atoms with Crippen LogP contribution in [-0.4, -0.2) is 132 Å². The Morgan fingerprint density at radius 3 is 1.19 bits per heavy atom. The van der Waals surface area contributed by atoms with E-state index in [9.17, 15) is 24.1 Å². The second-order valence-corrected chi connectivity index (χ2v) is 38.8. The smallest absolute Gasteiger partial charge is 0.352 e. The summed E-state index contributed by atoms with van der Waals surface area (Å²) in [5, 5.41) is 25.9. The summed E-state index contributed by atoms with van der Waals surface area (Å²) >= 11 is 18.7. The van der Waals surface area contributed by atoms with Crippen molar-refractivity contribution in [2.24, 2.45) is 5.73 Å². The largest absolute Gasteiger partial charge is 0.496 e. The number of carbonyl (C=O) groups is 2. The van der Waals surface area contributed by atoms with Crippen LogP contribution in [0.5, 0.6) is 17.2 Å². The molecular weight excluding hydrogens is 1970 g/mol. The number of amides is 1. The molecule has 7 heterocycles. The van der Waals surface area contributed by atoms with E-state index in [1.807, 2.05) is 51.1 Å². The van der Waals surface area contributed by atoms with Crippen LogP contribution < -0.4 is 49.8 Å². The van der Waals surface area contributed by atoms with Gasteiger partial charge in [-0.05, 0) is 452 Å². The highest BCUT2D eigenvalue weighted by atomic mass is 79.9. The molecule has 19 rings (SSSR count). The fourth-order valence-corrected chi connectivity index (χ4v) is 19.8. The molecule has 0 bridgehead atoms. The molecule has 2 aromatic heterocycles. The average molecular weight is 2130 g/mol. The second-order valence-electron chi connectivity index (χ2n) is 36.2. The maximum atomic E-state index is 13.0. The molecule has 4 saturated carbocycles. The van der Waals surface area contributed by atoms with Crippen LogP contribution in [0.1, 0.15) is 306 Å². The number of aromatic carboxylic acids is 1. The molecule has 0 atom stereocenters. The number of carbonyl (C=O) groups excluding carboxylic acids is 1. The Labute approximate surface area is 887 Å². The normalized spacial score (nSPS) is 15.1. The number of piperidine rings is 5. The lowest BCUT2D eigenvalue weighted by molar-refractivity contribution is -0.400. The summed E-state index contributed by atoms with van der Waals surface area (Å²) in [5.41, 5.74) is 26.7. The number of methoxy groups -OCH3 is 3. The van der Waals surface area contributed by atoms with Crippen molar-refractivity contribution in [2.75, 3.05) is 124 Å². The predicted molar refractivity (Wildman–Crippen MR) is 615 cm³/mol. The number of H-pyrrole nitrogens is 2. The lowest BCUT2D eigenvalue weighted by Crippen LogP contribution is -2.29. The first-order valence-electron chi connectivity index (χ1n) is 50.3. The first-order chi connectivity index (χ1) is 68.6. The van der Waals surface area contributed by atoms with Gasteiger partial charge in [-0.2, -0.15) is 0 Å². The molecule has 1 amide bonds. The number of aromatic amines is 2. The molecule has 8 aromatic carbocycles. The van der Waals surface area contributed by atoms with Crippen molar-refractivity contribution in [3.63, 3.8) is 0 Å². The average Bonchev–Trinajstić information content (AvgIpc) is 1.64. The van der Waals surface area contributed by atoms with Crippen molar-refractivity contribution in [2.45, 2.75) is 261 Å². The number of hydrogen-bond acceptors (Lipinski definition) is 13. The van der Waals surface area contributed by atoms with E-state index in [2.05, 4.69) is 212 Å². The monoisotopic (exact) mass is 2120 g/mol. The number of nitrogens with two attached hydrogens (primary N) is 1. The molecule has 0 spiro atoms. The molecule has 144 heavy (non-hydrogen) atoms. The standard InChI is InChI=1S/C27H32ClN3O.C16H20N2O2.C16H24N2.C15H21NO.C12H16BrNO.C11H10ClNO2.C7H6BrFO.C5H4.C4H6.C3H4.C2H2.3CH4/c1-2-22-24-16-20(28)9-11-25(24)30-26(22)27(32)29-13-12-19-8-10-21(17-23(19)18-6-7-18)31-14-4-3-5-15-31;19-18(20)11-8-14-6-7-15(12-16(14)13-4-5-13)17-9-2-1-3-10-17;17-9-8-14-6-7-15(12-16(14)13-4-5-13)18-10-2-1-3-11-18;1-17-15-8-7-13(11-14(15)12-5-6-12)16-9-3-2-4-10-16;1-15-12-6-5-10(9-11(12)13)14-7-3-2-4-8-14;1-2-7-8-5-6(12)3-4-9(8)13-10(7)11(14)15;1-10-7-3-2-5(9)4-6(7)8;1-3-5-4-2;1-3-4-2;1-3-2;1-2;;;/h8-11,16-18,30H,2-7,12-15H2,1H3,(H,29,32);6-8,11-13H,1-5,9-10H2;6-7,12-13H,1-5,8-11,17H2;7-8,11-12H,2-6,9-10H2,1H3;5-6,9H,2-4,7-8H2,1H3;3-5,13H,2H2,1H3,(H,14,15);2-4H,1H3;1H,2H3;1-2H3;1H,2H3;1-2H;3*1H4/b;11-8+;;;;;;;;;;;;. The van der Waals surface area contributed by atoms with Crippen molar-refractivity contribution in [1.29, 1.82) is 0 Å². The number of fused-ring (bicyclic) bond motifs is 2. The third kappa shape index (κ3) is 38.2. The van der Waals surface area contributed by atoms with Crippen molar-refractivity contribution < 1.29 is 38.2 Å². The minimum Gasteiger partial charge on any atom is -0.496 e. The van der Waals surface area contributed by atoms with E-state index < -0.39 is 10.9 Å². The number of rotatable bonds is 23. The SMILES string of the molecule is C.C.C.C#C.C#CC.C#CC#CC.CC#CC.CCc1c(C(=O)NCCc2ccc(N3CCCCC3)cc2C2CC2)[nH]c2ccc(Cl)cc12.CCc1c(C(=O)O)[nH]c2ccc(Cl)cc12.COc1ccc(F)cc1Br.COc1ccc(N2CCCCC2)cc1Br.COc1ccc(N2CCCCC2)cc1C1CC1.NCCc1ccc(N2CCCCC2)cc1C1CC1.O=[N+]([O-])/C=C/c1ccc(N2CCCCC2)cc1C1CC1. The van der Waals surface area contributed by atoms with E-state index >= 15 is 0 Å². The third-order valence-corrected chi connectivity index (χ3v) is 28.0. The van der Waals surface area contributed by atoms with E-state index in [-0.39, 0.29) is 39.7 Å². The van der Waals surface area contributed by atoms with Gasteiger partial charge in [-0.25, -0.2) is 9.18 Å². The second kappa shape index (κ2) is 65.1. The molecule has 4 aliphatic carbocycles. The van der Waals surface area contributed by atoms with Crippen molar-refractivity contribution in [3.05, 3.63) is 248 Å². The number of ether oxygens (including phenoxy) is 3. The predicted octanol–water partition coefficient (Wildman–Crippen LogP) is 30.2. The van der Waals surface area contributed by atoms with Gasteiger partial charge in [0.05, 0.1) is 35.2 Å². The van der Waals surface area contributed by atoms with Crippen molar-refractivity contribution >= 4 is 123 Å². The zero-order chi connectivity index (χ0) is 102. The summed E-state index contributed by atoms with van der Waals surface area (Å²) in [5.74, 6) is 19.0. The van der Waals surface area contributed by atoms with Crippen LogP contribution in [0, 0.1) is 77.1 Å². The summed E-state index contributed by atoms with van der Waals surface area (Å²) in [7, 11) is 5.01. The molecule has 5 saturated heterocycles. The Kier molecular flexibility index (Phi) is 54.8. The molecule has 5 aliphatic heterocycles. The van der Waals surface area contributed by atoms with Crippen LogP contribution in [0.4, 0.5) is 32.8 Å². The summed E-state index contributed by atoms with van der Waals surface area (Å²) in [6.07, 6.45) is 53.7. The molecule has 9 fully saturated rings. The maximum Gasteiger partial charge on any atom is 0.352 e. The number of carboxylic acid groups (broad SMARTS) is 1. The molecule has 10 aromatic rings. The van der Waals surface area contributed by atoms with Gasteiger partial charge in [0.15, 0.2) is 0 Å². The zero-order valence-corrected chi connectivity index (χ0v) is 88.8. The fourth-order valence-electron chi connectivity index (χ4n) is 18.4. The summed E-state index contributed by atoms with van der Waals surface area (Å²) in [6.45, 7) is 24.3. The van der Waals surface area contributed by atoms with E-state index in [1.54, 1.807) is 64.0 Å². The highest BCUT2D eigenvalue weighted by Gasteiger charge is 2.32. The van der Waals surface area contributed by atoms with Crippen LogP contribution in [0.15, 0.2) is 161 Å². The van der Waals surface area contributed by atoms with E-state index in [0.29, 0.717) is 50.8 Å². The quantitative estimate of drug-likeness (QED) is 0.0229. The number of aryl methyl sites for hydroxylation is 2. The molecule has 9 aliphatic rings. The Morgan fingerprint density at radius 1 is 0.493 bits per heavy atom. The van der Waals surface area contributed by atoms with Gasteiger partial charge in [-0.1, -0.05) is 83.4 Å². The molecule has 0 radical (unpaired) electrons. The molecule has 23 heteroatoms. The van der Waals surface area contributed by atoms with Crippen molar-refractivity contribution in [3.8, 4) is 78.5 Å². The molecular formula is C121H157Br2Cl2FN10O8. The molecule has 774 valence electrons. The van der Waals surface area contributed by atoms with Gasteiger partial charge in [0.25, 0.3) is 5.91 Å².